The third-order valence-corrected chi connectivity index (χ3v) is 4.52. The number of nitrogens with one attached hydrogen (secondary N) is 1. The summed E-state index contributed by atoms with van der Waals surface area (Å²) < 4.78 is 19.0. The molecule has 1 N–H and O–H groups in total. The van der Waals surface area contributed by atoms with Gasteiger partial charge in [0.05, 0.1) is 0 Å². The van der Waals surface area contributed by atoms with Crippen LogP contribution < -0.4 is 10.1 Å². The van der Waals surface area contributed by atoms with Crippen LogP contribution in [0.1, 0.15) is 12.5 Å². The van der Waals surface area contributed by atoms with Gasteiger partial charge in [0, 0.05) is 23.1 Å². The first-order chi connectivity index (χ1) is 11.6. The van der Waals surface area contributed by atoms with Crippen molar-refractivity contribution in [3.05, 3.63) is 64.9 Å². The third kappa shape index (κ3) is 6.06. The largest absolute Gasteiger partial charge is 0.481 e. The molecule has 0 aliphatic heterocycles. The zero-order chi connectivity index (χ0) is 17.4. The van der Waals surface area contributed by atoms with Gasteiger partial charge in [-0.1, -0.05) is 29.8 Å². The Balaban J connectivity index is 1.65. The van der Waals surface area contributed by atoms with E-state index < -0.39 is 6.10 Å². The van der Waals surface area contributed by atoms with Gasteiger partial charge in [0.2, 0.25) is 0 Å². The van der Waals surface area contributed by atoms with E-state index in [4.69, 9.17) is 16.3 Å². The van der Waals surface area contributed by atoms with E-state index in [2.05, 4.69) is 5.32 Å². The van der Waals surface area contributed by atoms with Crippen LogP contribution in [0.15, 0.2) is 48.5 Å². The monoisotopic (exact) mass is 367 g/mol. The van der Waals surface area contributed by atoms with Crippen LogP contribution in [0.4, 0.5) is 4.39 Å². The molecular formula is C18H19ClFNO2S. The van der Waals surface area contributed by atoms with Crippen LogP contribution in [0.3, 0.4) is 0 Å². The number of carbonyl (C=O) groups excluding carboxylic acids is 1. The summed E-state index contributed by atoms with van der Waals surface area (Å²) in [7, 11) is 0. The van der Waals surface area contributed by atoms with Crippen LogP contribution >= 0.6 is 23.4 Å². The highest BCUT2D eigenvalue weighted by Gasteiger charge is 2.13. The molecule has 0 aliphatic carbocycles. The predicted molar refractivity (Wildman–Crippen MR) is 97.1 cm³/mol. The van der Waals surface area contributed by atoms with E-state index in [1.165, 1.54) is 6.07 Å². The SMILES string of the molecule is C[C@@H](Oc1ccc(Cl)cc1)C(=O)NCCSCc1ccccc1F. The van der Waals surface area contributed by atoms with Crippen molar-refractivity contribution in [3.63, 3.8) is 0 Å². The van der Waals surface area contributed by atoms with Crippen LogP contribution in [0.5, 0.6) is 5.75 Å². The molecule has 0 saturated carbocycles. The zero-order valence-electron chi connectivity index (χ0n) is 13.3. The quantitative estimate of drug-likeness (QED) is 0.707. The van der Waals surface area contributed by atoms with Gasteiger partial charge < -0.3 is 10.1 Å². The molecular weight excluding hydrogens is 349 g/mol. The van der Waals surface area contributed by atoms with Gasteiger partial charge in [-0.2, -0.15) is 11.8 Å². The molecule has 2 rings (SSSR count). The number of amides is 1. The van der Waals surface area contributed by atoms with Crippen molar-refractivity contribution < 1.29 is 13.9 Å². The summed E-state index contributed by atoms with van der Waals surface area (Å²) in [6.07, 6.45) is -0.595. The second-order valence-electron chi connectivity index (χ2n) is 5.15. The Morgan fingerprint density at radius 1 is 1.25 bits per heavy atom. The molecule has 2 aromatic rings. The second-order valence-corrected chi connectivity index (χ2v) is 6.69. The molecule has 0 spiro atoms. The molecule has 6 heteroatoms. The van der Waals surface area contributed by atoms with Crippen LogP contribution in [0.25, 0.3) is 0 Å². The smallest absolute Gasteiger partial charge is 0.260 e. The molecule has 0 heterocycles. The molecule has 3 nitrogen and oxygen atoms in total. The average Bonchev–Trinajstić information content (AvgIpc) is 2.58. The maximum atomic E-state index is 13.5. The van der Waals surface area contributed by atoms with E-state index in [0.29, 0.717) is 34.4 Å². The highest BCUT2D eigenvalue weighted by molar-refractivity contribution is 7.98. The topological polar surface area (TPSA) is 38.3 Å². The molecule has 0 radical (unpaired) electrons. The fourth-order valence-corrected chi connectivity index (χ4v) is 2.93. The molecule has 0 unspecified atom stereocenters. The first-order valence-corrected chi connectivity index (χ1v) is 9.10. The Bertz CT molecular complexity index is 666. The van der Waals surface area contributed by atoms with Gasteiger partial charge >= 0.3 is 0 Å². The Hall–Kier alpha value is -1.72. The number of ether oxygens (including phenoxy) is 1. The van der Waals surface area contributed by atoms with Gasteiger partial charge in [-0.05, 0) is 42.8 Å². The van der Waals surface area contributed by atoms with Crippen molar-refractivity contribution in [2.75, 3.05) is 12.3 Å². The lowest BCUT2D eigenvalue weighted by atomic mass is 10.2. The van der Waals surface area contributed by atoms with E-state index in [-0.39, 0.29) is 11.7 Å². The molecule has 0 fully saturated rings. The van der Waals surface area contributed by atoms with Crippen molar-refractivity contribution in [2.45, 2.75) is 18.8 Å². The lowest BCUT2D eigenvalue weighted by Gasteiger charge is -2.14. The highest BCUT2D eigenvalue weighted by atomic mass is 35.5. The summed E-state index contributed by atoms with van der Waals surface area (Å²) in [5.74, 6) is 1.50. The molecule has 128 valence electrons. The lowest BCUT2D eigenvalue weighted by molar-refractivity contribution is -0.127. The van der Waals surface area contributed by atoms with Crippen molar-refractivity contribution in [1.82, 2.24) is 5.32 Å². The van der Waals surface area contributed by atoms with Crippen LogP contribution in [-0.2, 0) is 10.5 Å². The summed E-state index contributed by atoms with van der Waals surface area (Å²) in [5.41, 5.74) is 0.674. The summed E-state index contributed by atoms with van der Waals surface area (Å²) >= 11 is 7.37. The normalized spacial score (nSPS) is 11.8. The van der Waals surface area contributed by atoms with E-state index in [1.54, 1.807) is 55.1 Å². The van der Waals surface area contributed by atoms with Crippen molar-refractivity contribution in [1.29, 1.82) is 0 Å². The number of rotatable bonds is 8. The van der Waals surface area contributed by atoms with E-state index in [0.717, 1.165) is 0 Å². The number of hydrogen-bond donors (Lipinski definition) is 1. The Kier molecular flexibility index (Phi) is 7.40. The fraction of sp³-hybridized carbons (Fsp3) is 0.278. The van der Waals surface area contributed by atoms with Crippen LogP contribution in [0, 0.1) is 5.82 Å². The summed E-state index contributed by atoms with van der Waals surface area (Å²) in [6, 6.07) is 13.6. The molecule has 24 heavy (non-hydrogen) atoms. The number of thioether (sulfide) groups is 1. The van der Waals surface area contributed by atoms with Crippen molar-refractivity contribution in [2.24, 2.45) is 0 Å². The fourth-order valence-electron chi connectivity index (χ4n) is 1.96. The maximum absolute atomic E-state index is 13.5. The number of benzene rings is 2. The third-order valence-electron chi connectivity index (χ3n) is 3.26. The minimum Gasteiger partial charge on any atom is -0.481 e. The lowest BCUT2D eigenvalue weighted by Crippen LogP contribution is -2.37. The Morgan fingerprint density at radius 2 is 1.96 bits per heavy atom. The standard InChI is InChI=1S/C18H19ClFNO2S/c1-13(23-16-8-6-15(19)7-9-16)18(22)21-10-11-24-12-14-4-2-3-5-17(14)20/h2-9,13H,10-12H2,1H3,(H,21,22)/t13-/m1/s1. The van der Waals surface area contributed by atoms with Crippen molar-refractivity contribution >= 4 is 29.3 Å². The first kappa shape index (κ1) is 18.6. The second kappa shape index (κ2) is 9.55. The van der Waals surface area contributed by atoms with Gasteiger partial charge in [0.25, 0.3) is 5.91 Å². The van der Waals surface area contributed by atoms with Gasteiger partial charge in [0.15, 0.2) is 6.10 Å². The van der Waals surface area contributed by atoms with Crippen molar-refractivity contribution in [3.8, 4) is 5.75 Å². The van der Waals surface area contributed by atoms with E-state index >= 15 is 0 Å². The Labute approximate surface area is 150 Å². The molecule has 0 bridgehead atoms. The Morgan fingerprint density at radius 3 is 2.67 bits per heavy atom. The highest BCUT2D eigenvalue weighted by Crippen LogP contribution is 2.17. The molecule has 0 aliphatic rings. The van der Waals surface area contributed by atoms with E-state index in [9.17, 15) is 9.18 Å². The van der Waals surface area contributed by atoms with Gasteiger partial charge in [-0.3, -0.25) is 4.79 Å². The molecule has 0 aromatic heterocycles. The zero-order valence-corrected chi connectivity index (χ0v) is 14.9. The first-order valence-electron chi connectivity index (χ1n) is 7.57. The maximum Gasteiger partial charge on any atom is 0.260 e. The summed E-state index contributed by atoms with van der Waals surface area (Å²) in [6.45, 7) is 2.20. The van der Waals surface area contributed by atoms with Gasteiger partial charge in [-0.15, -0.1) is 0 Å². The summed E-state index contributed by atoms with van der Waals surface area (Å²) in [5, 5.41) is 3.43. The molecule has 1 atom stereocenters. The number of halogens is 2. The van der Waals surface area contributed by atoms with Gasteiger partial charge in [0.1, 0.15) is 11.6 Å². The van der Waals surface area contributed by atoms with Gasteiger partial charge in [-0.25, -0.2) is 4.39 Å². The molecule has 2 aromatic carbocycles. The van der Waals surface area contributed by atoms with Crippen LogP contribution in [-0.4, -0.2) is 24.3 Å². The van der Waals surface area contributed by atoms with E-state index in [1.807, 2.05) is 6.07 Å². The predicted octanol–water partition coefficient (Wildman–Crippen LogP) is 4.30. The minimum atomic E-state index is -0.595. The molecule has 0 saturated heterocycles. The number of carbonyl (C=O) groups is 1. The van der Waals surface area contributed by atoms with Crippen LogP contribution in [0.2, 0.25) is 5.02 Å². The molecule has 1 amide bonds. The minimum absolute atomic E-state index is 0.184. The summed E-state index contributed by atoms with van der Waals surface area (Å²) in [4.78, 5) is 12.0. The number of hydrogen-bond acceptors (Lipinski definition) is 3. The average molecular weight is 368 g/mol.